The van der Waals surface area contributed by atoms with E-state index < -0.39 is 82.6 Å². The molecule has 0 saturated carbocycles. The summed E-state index contributed by atoms with van der Waals surface area (Å²) in [6.45, 7) is 19.0. The molecule has 0 aliphatic carbocycles. The van der Waals surface area contributed by atoms with E-state index in [1.165, 1.54) is 6.92 Å². The highest BCUT2D eigenvalue weighted by atomic mass is 35.5. The van der Waals surface area contributed by atoms with Gasteiger partial charge in [-0.2, -0.15) is 0 Å². The normalized spacial score (nSPS) is 14.3. The fourth-order valence-corrected chi connectivity index (χ4v) is 6.37. The number of aliphatic carboxylic acids is 1. The molecule has 0 unspecified atom stereocenters. The average molecular weight is 888 g/mol. The van der Waals surface area contributed by atoms with Crippen LogP contribution in [0, 0.1) is 11.8 Å². The topological polar surface area (TPSA) is 216 Å². The lowest BCUT2D eigenvalue weighted by Gasteiger charge is -2.32. The molecule has 2 rings (SSSR count). The molecule has 16 heteroatoms. The number of benzene rings is 2. The Morgan fingerprint density at radius 1 is 0.645 bits per heavy atom. The predicted octanol–water partition coefficient (Wildman–Crippen LogP) is 7.66. The number of amides is 4. The Morgan fingerprint density at radius 2 is 1.16 bits per heavy atom. The van der Waals surface area contributed by atoms with Crippen molar-refractivity contribution in [3.05, 3.63) is 59.1 Å². The fourth-order valence-electron chi connectivity index (χ4n) is 6.25. The summed E-state index contributed by atoms with van der Waals surface area (Å²) in [5, 5.41) is 21.0. The van der Waals surface area contributed by atoms with E-state index in [9.17, 15) is 38.7 Å². The molecule has 0 aliphatic rings. The number of nitrogens with one attached hydrogen (secondary N) is 4. The van der Waals surface area contributed by atoms with Crippen molar-refractivity contribution >= 4 is 53.1 Å². The van der Waals surface area contributed by atoms with Gasteiger partial charge in [-0.1, -0.05) is 54.9 Å². The number of hydrogen-bond acceptors (Lipinski definition) is 10. The molecule has 5 N–H and O–H groups in total. The molecule has 2 aromatic carbocycles. The molecule has 0 aromatic heterocycles. The lowest BCUT2D eigenvalue weighted by atomic mass is 9.91. The van der Waals surface area contributed by atoms with E-state index in [0.29, 0.717) is 23.4 Å². The third-order valence-corrected chi connectivity index (χ3v) is 9.41. The van der Waals surface area contributed by atoms with Crippen LogP contribution in [0.2, 0.25) is 5.02 Å². The number of alkyl carbamates (subject to hydrolysis) is 2. The van der Waals surface area contributed by atoms with E-state index >= 15 is 0 Å². The lowest BCUT2D eigenvalue weighted by molar-refractivity contribution is -0.143. The molecular formula is C46H67ClN4O11. The van der Waals surface area contributed by atoms with E-state index in [-0.39, 0.29) is 44.6 Å². The predicted molar refractivity (Wildman–Crippen MR) is 237 cm³/mol. The second-order valence-corrected chi connectivity index (χ2v) is 18.9. The van der Waals surface area contributed by atoms with Gasteiger partial charge in [-0.05, 0) is 118 Å². The van der Waals surface area contributed by atoms with Gasteiger partial charge in [-0.25, -0.2) is 14.4 Å². The first kappa shape index (κ1) is 53.1. The van der Waals surface area contributed by atoms with Gasteiger partial charge in [-0.15, -0.1) is 0 Å². The van der Waals surface area contributed by atoms with Gasteiger partial charge in [0.25, 0.3) is 0 Å². The summed E-state index contributed by atoms with van der Waals surface area (Å²) in [5.74, 6) is -5.47. The highest BCUT2D eigenvalue weighted by Gasteiger charge is 2.35. The third-order valence-electron chi connectivity index (χ3n) is 9.16. The Morgan fingerprint density at radius 3 is 1.66 bits per heavy atom. The van der Waals surface area contributed by atoms with E-state index in [4.69, 9.17) is 25.8 Å². The second kappa shape index (κ2) is 24.0. The van der Waals surface area contributed by atoms with Crippen molar-refractivity contribution in [3.8, 4) is 11.1 Å². The number of carboxylic acid groups (broad SMARTS) is 1. The van der Waals surface area contributed by atoms with Crippen LogP contribution in [0.15, 0.2) is 48.5 Å². The molecule has 62 heavy (non-hydrogen) atoms. The van der Waals surface area contributed by atoms with Crippen molar-refractivity contribution in [3.63, 3.8) is 0 Å². The number of unbranched alkanes of at least 4 members (excludes halogenated alkanes) is 1. The zero-order valence-corrected chi connectivity index (χ0v) is 38.8. The maximum Gasteiger partial charge on any atom is 0.407 e. The molecule has 15 nitrogen and oxygen atoms in total. The van der Waals surface area contributed by atoms with Gasteiger partial charge in [0, 0.05) is 48.4 Å². The van der Waals surface area contributed by atoms with Gasteiger partial charge in [0.15, 0.2) is 11.6 Å². The Kier molecular flexibility index (Phi) is 20.6. The lowest BCUT2D eigenvalue weighted by Crippen LogP contribution is -2.53. The summed E-state index contributed by atoms with van der Waals surface area (Å²) >= 11 is 6.04. The largest absolute Gasteiger partial charge is 0.480 e. The van der Waals surface area contributed by atoms with E-state index in [0.717, 1.165) is 11.1 Å². The summed E-state index contributed by atoms with van der Waals surface area (Å²) < 4.78 is 16.6. The Hall–Kier alpha value is -5.02. The minimum Gasteiger partial charge on any atom is -0.480 e. The average Bonchev–Trinajstić information content (AvgIpc) is 3.13. The van der Waals surface area contributed by atoms with Crippen LogP contribution in [-0.4, -0.2) is 94.7 Å². The van der Waals surface area contributed by atoms with Gasteiger partial charge in [0.2, 0.25) is 11.8 Å². The van der Waals surface area contributed by atoms with Crippen molar-refractivity contribution in [2.45, 2.75) is 150 Å². The summed E-state index contributed by atoms with van der Waals surface area (Å²) in [5.41, 5.74) is -0.0618. The molecule has 0 spiro atoms. The number of ketones is 2. The zero-order valence-electron chi connectivity index (χ0n) is 38.1. The van der Waals surface area contributed by atoms with Crippen LogP contribution in [0.25, 0.3) is 11.1 Å². The molecule has 2 aromatic rings. The van der Waals surface area contributed by atoms with Crippen LogP contribution >= 0.6 is 11.6 Å². The number of Topliss-reactive ketones (excluding diaryl/α,β-unsaturated/α-hetero) is 2. The first-order valence-electron chi connectivity index (χ1n) is 21.0. The standard InChI is InChI=1S/C46H67ClN4O11/c1-28(39(54)50-35(41(56)57)14-12-13-24-48-42(58)61-45(6,7)8)26-37(53)38(29(2)60-44(3,4)5)51-40(55)33(23-25-49-43(59)62-46(9,10)11)27-36(52)32-17-15-30(16-18-32)31-19-21-34(47)22-20-31/h15-22,28-29,33,35,38H,12-14,23-27H2,1-11H3,(H,48,58)(H,49,59)(H,50,54)(H,51,55)(H,56,57)/t28-,29-,33-,35+,38+/m1/s1. The van der Waals surface area contributed by atoms with Crippen LogP contribution in [0.4, 0.5) is 9.59 Å². The Bertz CT molecular complexity index is 1830. The van der Waals surface area contributed by atoms with Gasteiger partial charge in [0.05, 0.1) is 11.7 Å². The first-order valence-corrected chi connectivity index (χ1v) is 21.4. The molecule has 0 fully saturated rings. The summed E-state index contributed by atoms with van der Waals surface area (Å²) in [4.78, 5) is 91.6. The fraction of sp³-hybridized carbons (Fsp3) is 0.587. The number of rotatable bonds is 22. The molecular weight excluding hydrogens is 820 g/mol. The van der Waals surface area contributed by atoms with E-state index in [1.807, 2.05) is 12.1 Å². The minimum absolute atomic E-state index is 0.0154. The number of halogens is 1. The maximum atomic E-state index is 14.2. The third kappa shape index (κ3) is 20.7. The molecule has 344 valence electrons. The number of hydrogen-bond donors (Lipinski definition) is 5. The smallest absolute Gasteiger partial charge is 0.407 e. The number of ether oxygens (including phenoxy) is 3. The molecule has 0 bridgehead atoms. The summed E-state index contributed by atoms with van der Waals surface area (Å²) in [7, 11) is 0. The van der Waals surface area contributed by atoms with Crippen molar-refractivity contribution in [2.24, 2.45) is 11.8 Å². The van der Waals surface area contributed by atoms with Crippen molar-refractivity contribution in [1.29, 1.82) is 0 Å². The SMILES string of the molecule is C[C@H](CC(=O)[C@@H](NC(=O)[C@H](CCNC(=O)OC(C)(C)C)CC(=O)c1ccc(-c2ccc(Cl)cc2)cc1)[C@@H](C)OC(C)(C)C)C(=O)N[C@@H](CCCCNC(=O)OC(C)(C)C)C(=O)O. The van der Waals surface area contributed by atoms with Gasteiger partial charge in [0.1, 0.15) is 23.3 Å². The summed E-state index contributed by atoms with van der Waals surface area (Å²) in [6, 6.07) is 11.6. The Balaban J connectivity index is 2.23. The number of carbonyl (C=O) groups excluding carboxylic acids is 6. The van der Waals surface area contributed by atoms with Crippen molar-refractivity contribution in [1.82, 2.24) is 21.3 Å². The molecule has 4 amide bonds. The van der Waals surface area contributed by atoms with Crippen LogP contribution in [-0.2, 0) is 33.4 Å². The van der Waals surface area contributed by atoms with Crippen LogP contribution in [0.1, 0.15) is 125 Å². The molecule has 5 atom stereocenters. The monoisotopic (exact) mass is 886 g/mol. The summed E-state index contributed by atoms with van der Waals surface area (Å²) in [6.07, 6.45) is -1.93. The highest BCUT2D eigenvalue weighted by Crippen LogP contribution is 2.24. The molecule has 0 saturated heterocycles. The second-order valence-electron chi connectivity index (χ2n) is 18.4. The Labute approximate surface area is 371 Å². The van der Waals surface area contributed by atoms with Crippen molar-refractivity contribution in [2.75, 3.05) is 13.1 Å². The van der Waals surface area contributed by atoms with Crippen molar-refractivity contribution < 1.29 is 52.9 Å². The van der Waals surface area contributed by atoms with E-state index in [1.54, 1.807) is 106 Å². The molecule has 0 radical (unpaired) electrons. The van der Waals surface area contributed by atoms with Gasteiger partial charge >= 0.3 is 18.2 Å². The van der Waals surface area contributed by atoms with Gasteiger partial charge in [-0.3, -0.25) is 19.2 Å². The van der Waals surface area contributed by atoms with Gasteiger partial charge < -0.3 is 40.6 Å². The van der Waals surface area contributed by atoms with E-state index in [2.05, 4.69) is 21.3 Å². The number of carbonyl (C=O) groups is 7. The number of carboxylic acids is 1. The quantitative estimate of drug-likeness (QED) is 0.0572. The molecule has 0 aliphatic heterocycles. The van der Waals surface area contributed by atoms with Crippen LogP contribution in [0.5, 0.6) is 0 Å². The van der Waals surface area contributed by atoms with Crippen LogP contribution < -0.4 is 21.3 Å². The molecule has 0 heterocycles. The van der Waals surface area contributed by atoms with Crippen LogP contribution in [0.3, 0.4) is 0 Å². The zero-order chi connectivity index (χ0) is 47.0. The first-order chi connectivity index (χ1) is 28.6. The highest BCUT2D eigenvalue weighted by molar-refractivity contribution is 6.30. The maximum absolute atomic E-state index is 14.2. The minimum atomic E-state index is -1.26.